The van der Waals surface area contributed by atoms with E-state index in [0.29, 0.717) is 36.2 Å². The van der Waals surface area contributed by atoms with Crippen LogP contribution in [-0.4, -0.2) is 57.0 Å². The van der Waals surface area contributed by atoms with E-state index in [1.165, 1.54) is 0 Å². The Morgan fingerprint density at radius 1 is 1.13 bits per heavy atom. The summed E-state index contributed by atoms with van der Waals surface area (Å²) in [7, 11) is 3.15. The van der Waals surface area contributed by atoms with E-state index < -0.39 is 6.10 Å². The summed E-state index contributed by atoms with van der Waals surface area (Å²) in [6, 6.07) is 5.56. The van der Waals surface area contributed by atoms with E-state index in [9.17, 15) is 9.90 Å². The van der Waals surface area contributed by atoms with Gasteiger partial charge in [0.25, 0.3) is 0 Å². The van der Waals surface area contributed by atoms with E-state index in [1.807, 2.05) is 13.8 Å². The monoisotopic (exact) mass is 549 g/mol. The largest absolute Gasteiger partial charge is 0.497 e. The zero-order valence-electron chi connectivity index (χ0n) is 18.8. The number of benzene rings is 1. The summed E-state index contributed by atoms with van der Waals surface area (Å²) in [5.41, 5.74) is 0.681. The summed E-state index contributed by atoms with van der Waals surface area (Å²) < 4.78 is 15.7. The zero-order chi connectivity index (χ0) is 21.9. The third kappa shape index (κ3) is 8.72. The molecule has 0 amide bonds. The minimum Gasteiger partial charge on any atom is -0.497 e. The first-order valence-electron chi connectivity index (χ1n) is 10.6. The van der Waals surface area contributed by atoms with E-state index in [-0.39, 0.29) is 48.5 Å². The van der Waals surface area contributed by atoms with Crippen molar-refractivity contribution in [1.82, 2.24) is 10.6 Å². The van der Waals surface area contributed by atoms with Crippen molar-refractivity contribution in [3.05, 3.63) is 23.8 Å². The van der Waals surface area contributed by atoms with Crippen molar-refractivity contribution < 1.29 is 24.1 Å². The normalized spacial score (nSPS) is 19.6. The number of nitrogens with zero attached hydrogens (tertiary/aromatic N) is 1. The van der Waals surface area contributed by atoms with Gasteiger partial charge in [-0.05, 0) is 57.2 Å². The Balaban J connectivity index is 0.00000480. The molecule has 2 rings (SSSR count). The smallest absolute Gasteiger partial charge is 0.308 e. The standard InChI is InChI=1S/C22H35N3O5.HI/c1-5-23-22(25-17-9-7-15(8-10-17)21(27)30-6-2)24-14-20(26)16-11-18(28-3)13-19(12-16)29-4;/h11-13,15,17,20,26H,5-10,14H2,1-4H3,(H2,23,24,25);1H. The predicted molar refractivity (Wildman–Crippen MR) is 131 cm³/mol. The highest BCUT2D eigenvalue weighted by atomic mass is 127. The van der Waals surface area contributed by atoms with E-state index >= 15 is 0 Å². The zero-order valence-corrected chi connectivity index (χ0v) is 21.2. The van der Waals surface area contributed by atoms with Crippen LogP contribution < -0.4 is 20.1 Å². The van der Waals surface area contributed by atoms with Crippen LogP contribution in [0.25, 0.3) is 0 Å². The number of rotatable bonds is 9. The minimum absolute atomic E-state index is 0. The summed E-state index contributed by atoms with van der Waals surface area (Å²) in [5.74, 6) is 1.80. The summed E-state index contributed by atoms with van der Waals surface area (Å²) in [6.45, 7) is 5.17. The highest BCUT2D eigenvalue weighted by Gasteiger charge is 2.27. The number of ether oxygens (including phenoxy) is 3. The van der Waals surface area contributed by atoms with Crippen molar-refractivity contribution in [2.24, 2.45) is 10.9 Å². The number of hydrogen-bond donors (Lipinski definition) is 3. The van der Waals surface area contributed by atoms with E-state index in [4.69, 9.17) is 14.2 Å². The minimum atomic E-state index is -0.788. The molecular formula is C22H36IN3O5. The van der Waals surface area contributed by atoms with E-state index in [0.717, 1.165) is 25.7 Å². The topological polar surface area (TPSA) is 101 Å². The van der Waals surface area contributed by atoms with Crippen LogP contribution in [0.2, 0.25) is 0 Å². The fraction of sp³-hybridized carbons (Fsp3) is 0.636. The molecule has 9 heteroatoms. The van der Waals surface area contributed by atoms with Crippen LogP contribution in [-0.2, 0) is 9.53 Å². The molecule has 8 nitrogen and oxygen atoms in total. The lowest BCUT2D eigenvalue weighted by atomic mass is 9.86. The Morgan fingerprint density at radius 2 is 1.74 bits per heavy atom. The molecule has 0 aromatic heterocycles. The van der Waals surface area contributed by atoms with Crippen LogP contribution in [0.5, 0.6) is 11.5 Å². The number of aliphatic imine (C=N–C) groups is 1. The van der Waals surface area contributed by atoms with Gasteiger partial charge in [-0.2, -0.15) is 0 Å². The van der Waals surface area contributed by atoms with E-state index in [2.05, 4.69) is 15.6 Å². The average Bonchev–Trinajstić information content (AvgIpc) is 2.77. The van der Waals surface area contributed by atoms with Crippen LogP contribution in [0, 0.1) is 5.92 Å². The molecule has 1 unspecified atom stereocenters. The first kappa shape index (κ1) is 27.3. The number of halogens is 1. The average molecular weight is 549 g/mol. The van der Waals surface area contributed by atoms with Crippen LogP contribution >= 0.6 is 24.0 Å². The van der Waals surface area contributed by atoms with Crippen molar-refractivity contribution in [2.75, 3.05) is 33.9 Å². The molecule has 1 fully saturated rings. The Hall–Kier alpha value is -1.75. The molecule has 31 heavy (non-hydrogen) atoms. The highest BCUT2D eigenvalue weighted by molar-refractivity contribution is 14.0. The molecule has 0 heterocycles. The van der Waals surface area contributed by atoms with Crippen molar-refractivity contribution >= 4 is 35.9 Å². The lowest BCUT2D eigenvalue weighted by Gasteiger charge is -2.29. The molecule has 1 aromatic carbocycles. The van der Waals surface area contributed by atoms with Gasteiger partial charge in [-0.1, -0.05) is 0 Å². The maximum absolute atomic E-state index is 11.9. The lowest BCUT2D eigenvalue weighted by molar-refractivity contribution is -0.149. The number of nitrogens with one attached hydrogen (secondary N) is 2. The van der Waals surface area contributed by atoms with Crippen LogP contribution in [0.15, 0.2) is 23.2 Å². The molecule has 1 atom stereocenters. The Bertz CT molecular complexity index is 686. The van der Waals surface area contributed by atoms with Gasteiger partial charge in [0.1, 0.15) is 11.5 Å². The second-order valence-corrected chi connectivity index (χ2v) is 7.33. The van der Waals surface area contributed by atoms with Gasteiger partial charge in [0.05, 0.1) is 39.4 Å². The Morgan fingerprint density at radius 3 is 2.26 bits per heavy atom. The van der Waals surface area contributed by atoms with Gasteiger partial charge in [-0.3, -0.25) is 9.79 Å². The van der Waals surface area contributed by atoms with Gasteiger partial charge in [0, 0.05) is 18.7 Å². The van der Waals surface area contributed by atoms with Gasteiger partial charge >= 0.3 is 5.97 Å². The number of guanidine groups is 1. The molecule has 3 N–H and O–H groups in total. The van der Waals surface area contributed by atoms with Gasteiger partial charge in [-0.15, -0.1) is 24.0 Å². The molecule has 1 aliphatic carbocycles. The fourth-order valence-corrected chi connectivity index (χ4v) is 3.55. The molecule has 0 bridgehead atoms. The van der Waals surface area contributed by atoms with Gasteiger partial charge in [0.15, 0.2) is 5.96 Å². The number of carbonyl (C=O) groups is 1. The van der Waals surface area contributed by atoms with Gasteiger partial charge in [0.2, 0.25) is 0 Å². The lowest BCUT2D eigenvalue weighted by Crippen LogP contribution is -2.45. The van der Waals surface area contributed by atoms with Gasteiger partial charge < -0.3 is 30.0 Å². The third-order valence-electron chi connectivity index (χ3n) is 5.21. The number of carbonyl (C=O) groups excluding carboxylic acids is 1. The summed E-state index contributed by atoms with van der Waals surface area (Å²) >= 11 is 0. The Kier molecular flexibility index (Phi) is 12.6. The second kappa shape index (κ2) is 14.3. The van der Waals surface area contributed by atoms with Gasteiger partial charge in [-0.25, -0.2) is 0 Å². The second-order valence-electron chi connectivity index (χ2n) is 7.33. The quantitative estimate of drug-likeness (QED) is 0.189. The molecule has 0 saturated heterocycles. The van der Waals surface area contributed by atoms with Crippen molar-refractivity contribution in [2.45, 2.75) is 51.7 Å². The van der Waals surface area contributed by atoms with Crippen molar-refractivity contribution in [3.63, 3.8) is 0 Å². The van der Waals surface area contributed by atoms with Crippen molar-refractivity contribution in [1.29, 1.82) is 0 Å². The number of aliphatic hydroxyl groups excluding tert-OH is 1. The summed E-state index contributed by atoms with van der Waals surface area (Å²) in [5, 5.41) is 17.3. The van der Waals surface area contributed by atoms with Crippen LogP contribution in [0.1, 0.15) is 51.2 Å². The molecule has 176 valence electrons. The number of methoxy groups -OCH3 is 2. The SMILES string of the molecule is CCNC(=NCC(O)c1cc(OC)cc(OC)c1)NC1CCC(C(=O)OCC)CC1.I. The predicted octanol–water partition coefficient (Wildman–Crippen LogP) is 3.03. The molecule has 0 spiro atoms. The van der Waals surface area contributed by atoms with Crippen LogP contribution in [0.3, 0.4) is 0 Å². The first-order valence-corrected chi connectivity index (χ1v) is 10.6. The van der Waals surface area contributed by atoms with Crippen molar-refractivity contribution in [3.8, 4) is 11.5 Å². The first-order chi connectivity index (χ1) is 14.5. The molecule has 1 aromatic rings. The molecular weight excluding hydrogens is 513 g/mol. The molecule has 0 radical (unpaired) electrons. The highest BCUT2D eigenvalue weighted by Crippen LogP contribution is 2.27. The number of hydrogen-bond acceptors (Lipinski definition) is 6. The Labute approximate surface area is 202 Å². The van der Waals surface area contributed by atoms with E-state index in [1.54, 1.807) is 32.4 Å². The number of esters is 1. The fourth-order valence-electron chi connectivity index (χ4n) is 3.55. The maximum atomic E-state index is 11.9. The van der Waals surface area contributed by atoms with Crippen LogP contribution in [0.4, 0.5) is 0 Å². The number of aliphatic hydroxyl groups is 1. The molecule has 1 saturated carbocycles. The molecule has 1 aliphatic rings. The summed E-state index contributed by atoms with van der Waals surface area (Å²) in [6.07, 6.45) is 2.58. The summed E-state index contributed by atoms with van der Waals surface area (Å²) in [4.78, 5) is 16.5. The third-order valence-corrected chi connectivity index (χ3v) is 5.21. The maximum Gasteiger partial charge on any atom is 0.308 e. The molecule has 0 aliphatic heterocycles.